The highest BCUT2D eigenvalue weighted by atomic mass is 16.2. The van der Waals surface area contributed by atoms with Gasteiger partial charge in [0, 0.05) is 19.6 Å². The molecule has 2 aliphatic heterocycles. The molecule has 4 amide bonds. The van der Waals surface area contributed by atoms with Gasteiger partial charge in [-0.2, -0.15) is 0 Å². The number of hydrogen-bond donors (Lipinski definition) is 2. The molecule has 7 heteroatoms. The van der Waals surface area contributed by atoms with Gasteiger partial charge >= 0.3 is 6.03 Å². The second kappa shape index (κ2) is 6.83. The second-order valence-corrected chi connectivity index (χ2v) is 9.20. The molecule has 1 atom stereocenters. The third-order valence-electron chi connectivity index (χ3n) is 6.58. The lowest BCUT2D eigenvalue weighted by Gasteiger charge is -2.40. The molecule has 1 saturated carbocycles. The lowest BCUT2D eigenvalue weighted by atomic mass is 9.67. The molecular weight excluding hydrogens is 332 g/mol. The van der Waals surface area contributed by atoms with Crippen molar-refractivity contribution in [2.75, 3.05) is 26.7 Å². The molecule has 2 saturated heterocycles. The molecule has 1 spiro atoms. The molecule has 0 radical (unpaired) electrons. The Kier molecular flexibility index (Phi) is 5.03. The molecule has 3 fully saturated rings. The smallest absolute Gasteiger partial charge is 0.325 e. The first-order valence-electron chi connectivity index (χ1n) is 9.74. The van der Waals surface area contributed by atoms with E-state index in [0.717, 1.165) is 37.3 Å². The van der Waals surface area contributed by atoms with E-state index < -0.39 is 11.6 Å². The van der Waals surface area contributed by atoms with Gasteiger partial charge in [0.1, 0.15) is 12.1 Å². The van der Waals surface area contributed by atoms with Crippen LogP contribution in [0.1, 0.15) is 52.9 Å². The van der Waals surface area contributed by atoms with E-state index in [4.69, 9.17) is 0 Å². The van der Waals surface area contributed by atoms with Crippen molar-refractivity contribution in [3.05, 3.63) is 0 Å². The molecule has 0 aromatic carbocycles. The Morgan fingerprint density at radius 3 is 2.42 bits per heavy atom. The summed E-state index contributed by atoms with van der Waals surface area (Å²) >= 11 is 0. The summed E-state index contributed by atoms with van der Waals surface area (Å²) in [6.07, 6.45) is 4.07. The Balaban J connectivity index is 1.63. The van der Waals surface area contributed by atoms with Crippen molar-refractivity contribution in [1.29, 1.82) is 0 Å². The molecule has 7 nitrogen and oxygen atoms in total. The van der Waals surface area contributed by atoms with Crippen LogP contribution in [0.15, 0.2) is 0 Å². The molecule has 1 unspecified atom stereocenters. The van der Waals surface area contributed by atoms with Gasteiger partial charge in [-0.3, -0.25) is 14.5 Å². The van der Waals surface area contributed by atoms with Crippen LogP contribution >= 0.6 is 0 Å². The van der Waals surface area contributed by atoms with Crippen LogP contribution in [-0.2, 0) is 9.59 Å². The molecule has 1 aliphatic carbocycles. The highest BCUT2D eigenvalue weighted by Crippen LogP contribution is 2.43. The molecule has 146 valence electrons. The van der Waals surface area contributed by atoms with Crippen LogP contribution in [0.5, 0.6) is 0 Å². The monoisotopic (exact) mass is 364 g/mol. The van der Waals surface area contributed by atoms with Gasteiger partial charge in [-0.05, 0) is 50.0 Å². The second-order valence-electron chi connectivity index (χ2n) is 9.20. The summed E-state index contributed by atoms with van der Waals surface area (Å²) in [4.78, 5) is 40.8. The number of imide groups is 1. The van der Waals surface area contributed by atoms with E-state index in [2.05, 4.69) is 31.4 Å². The predicted octanol–water partition coefficient (Wildman–Crippen LogP) is 1.33. The fourth-order valence-electron chi connectivity index (χ4n) is 4.56. The first kappa shape index (κ1) is 19.1. The van der Waals surface area contributed by atoms with Crippen LogP contribution in [0.2, 0.25) is 0 Å². The Hall–Kier alpha value is -1.63. The summed E-state index contributed by atoms with van der Waals surface area (Å²) in [7, 11) is 1.75. The van der Waals surface area contributed by atoms with Gasteiger partial charge in [-0.1, -0.05) is 20.8 Å². The van der Waals surface area contributed by atoms with E-state index in [1.807, 2.05) is 0 Å². The summed E-state index contributed by atoms with van der Waals surface area (Å²) in [5.41, 5.74) is -0.590. The van der Waals surface area contributed by atoms with Gasteiger partial charge in [0.15, 0.2) is 0 Å². The minimum Gasteiger partial charge on any atom is -0.340 e. The Labute approximate surface area is 155 Å². The minimum atomic E-state index is -0.799. The van der Waals surface area contributed by atoms with E-state index >= 15 is 0 Å². The van der Waals surface area contributed by atoms with Crippen LogP contribution in [0.25, 0.3) is 0 Å². The third-order valence-corrected chi connectivity index (χ3v) is 6.58. The molecule has 0 bridgehead atoms. The number of nitrogens with one attached hydrogen (secondary N) is 2. The Morgan fingerprint density at radius 1 is 1.23 bits per heavy atom. The summed E-state index contributed by atoms with van der Waals surface area (Å²) in [6.45, 7) is 8.17. The number of hydrogen-bond acceptors (Lipinski definition) is 4. The van der Waals surface area contributed by atoms with E-state index in [1.165, 1.54) is 0 Å². The average Bonchev–Trinajstić information content (AvgIpc) is 3.18. The number of carbonyl (C=O) groups excluding carboxylic acids is 3. The predicted molar refractivity (Wildman–Crippen MR) is 98.4 cm³/mol. The standard InChI is InChI=1S/C19H32N4O3/c1-18(2,3)13-5-8-19(9-6-13)16(25)23(17(26)21-19)12-15(24)22(4)14-7-10-20-11-14/h13-14,20H,5-12H2,1-4H3,(H,21,26). The van der Waals surface area contributed by atoms with E-state index in [1.54, 1.807) is 11.9 Å². The van der Waals surface area contributed by atoms with Crippen LogP contribution < -0.4 is 10.6 Å². The highest BCUT2D eigenvalue weighted by Gasteiger charge is 2.53. The number of carbonyl (C=O) groups is 3. The average molecular weight is 364 g/mol. The van der Waals surface area contributed by atoms with Gasteiger partial charge in [0.2, 0.25) is 5.91 Å². The number of likely N-dealkylation sites (N-methyl/N-ethyl adjacent to an activating group) is 1. The van der Waals surface area contributed by atoms with Gasteiger partial charge in [-0.25, -0.2) is 4.79 Å². The SMILES string of the molecule is CN(C(=O)CN1C(=O)NC2(CCC(C(C)(C)C)CC2)C1=O)C1CCNC1. The number of nitrogens with zero attached hydrogens (tertiary/aromatic N) is 2. The van der Waals surface area contributed by atoms with Gasteiger partial charge in [0.25, 0.3) is 5.91 Å². The highest BCUT2D eigenvalue weighted by molar-refractivity contribution is 6.09. The topological polar surface area (TPSA) is 81.8 Å². The fraction of sp³-hybridized carbons (Fsp3) is 0.842. The van der Waals surface area contributed by atoms with Crippen LogP contribution in [0.4, 0.5) is 4.79 Å². The normalized spacial score (nSPS) is 32.2. The van der Waals surface area contributed by atoms with E-state index in [0.29, 0.717) is 18.8 Å². The summed E-state index contributed by atoms with van der Waals surface area (Å²) in [6, 6.07) is -0.282. The van der Waals surface area contributed by atoms with Crippen molar-refractivity contribution < 1.29 is 14.4 Å². The maximum atomic E-state index is 13.0. The lowest BCUT2D eigenvalue weighted by Crippen LogP contribution is -2.51. The van der Waals surface area contributed by atoms with Crippen LogP contribution in [0, 0.1) is 11.3 Å². The van der Waals surface area contributed by atoms with Crippen molar-refractivity contribution in [3.8, 4) is 0 Å². The maximum absolute atomic E-state index is 13.0. The molecule has 0 aromatic rings. The fourth-order valence-corrected chi connectivity index (χ4v) is 4.56. The third kappa shape index (κ3) is 3.46. The largest absolute Gasteiger partial charge is 0.340 e. The zero-order valence-corrected chi connectivity index (χ0v) is 16.4. The Bertz CT molecular complexity index is 584. The van der Waals surface area contributed by atoms with Crippen molar-refractivity contribution in [2.24, 2.45) is 11.3 Å². The van der Waals surface area contributed by atoms with Crippen molar-refractivity contribution in [3.63, 3.8) is 0 Å². The lowest BCUT2D eigenvalue weighted by molar-refractivity contribution is -0.140. The Morgan fingerprint density at radius 2 is 1.88 bits per heavy atom. The summed E-state index contributed by atoms with van der Waals surface area (Å²) < 4.78 is 0. The first-order valence-corrected chi connectivity index (χ1v) is 9.74. The van der Waals surface area contributed by atoms with Crippen molar-refractivity contribution in [1.82, 2.24) is 20.4 Å². The summed E-state index contributed by atoms with van der Waals surface area (Å²) in [5.74, 6) is 0.151. The van der Waals surface area contributed by atoms with Gasteiger partial charge in [0.05, 0.1) is 0 Å². The minimum absolute atomic E-state index is 0.138. The summed E-state index contributed by atoms with van der Waals surface area (Å²) in [5, 5.41) is 6.14. The quantitative estimate of drug-likeness (QED) is 0.741. The first-order chi connectivity index (χ1) is 12.1. The zero-order chi connectivity index (χ0) is 19.1. The van der Waals surface area contributed by atoms with Crippen LogP contribution in [0.3, 0.4) is 0 Å². The molecule has 2 N–H and O–H groups in total. The van der Waals surface area contributed by atoms with Gasteiger partial charge < -0.3 is 15.5 Å². The van der Waals surface area contributed by atoms with Crippen molar-refractivity contribution in [2.45, 2.75) is 64.5 Å². The maximum Gasteiger partial charge on any atom is 0.325 e. The molecule has 0 aromatic heterocycles. The van der Waals surface area contributed by atoms with Crippen molar-refractivity contribution >= 4 is 17.8 Å². The number of rotatable bonds is 3. The van der Waals surface area contributed by atoms with Gasteiger partial charge in [-0.15, -0.1) is 0 Å². The molecule has 26 heavy (non-hydrogen) atoms. The van der Waals surface area contributed by atoms with E-state index in [9.17, 15) is 14.4 Å². The molecule has 3 aliphatic rings. The van der Waals surface area contributed by atoms with Crippen LogP contribution in [-0.4, -0.2) is 65.9 Å². The zero-order valence-electron chi connectivity index (χ0n) is 16.4. The molecular formula is C19H32N4O3. The van der Waals surface area contributed by atoms with E-state index in [-0.39, 0.29) is 29.8 Å². The molecule has 2 heterocycles. The molecule has 3 rings (SSSR count). The number of amides is 4. The number of urea groups is 1.